The summed E-state index contributed by atoms with van der Waals surface area (Å²) < 4.78 is 18.3. The maximum atomic E-state index is 13.1. The van der Waals surface area contributed by atoms with Gasteiger partial charge in [0.2, 0.25) is 0 Å². The molecule has 0 saturated heterocycles. The van der Waals surface area contributed by atoms with E-state index in [0.717, 1.165) is 5.56 Å². The van der Waals surface area contributed by atoms with Crippen molar-refractivity contribution in [3.63, 3.8) is 0 Å². The molecule has 0 aromatic heterocycles. The predicted octanol–water partition coefficient (Wildman–Crippen LogP) is 3.09. The van der Waals surface area contributed by atoms with Gasteiger partial charge in [0.1, 0.15) is 6.61 Å². The van der Waals surface area contributed by atoms with Crippen LogP contribution in [0.3, 0.4) is 0 Å². The highest BCUT2D eigenvalue weighted by atomic mass is 19.1. The lowest BCUT2D eigenvalue weighted by Gasteiger charge is -2.04. The zero-order chi connectivity index (χ0) is 9.68. The fraction of sp³-hybridized carbons (Fsp3) is 0.273. The van der Waals surface area contributed by atoms with Crippen LogP contribution in [-0.2, 0) is 0 Å². The maximum absolute atomic E-state index is 13.1. The monoisotopic (exact) mass is 180 g/mol. The molecule has 70 valence electrons. The van der Waals surface area contributed by atoms with E-state index >= 15 is 0 Å². The Bertz CT molecular complexity index is 305. The molecule has 2 heteroatoms. The average Bonchev–Trinajstić information content (AvgIpc) is 2.09. The minimum atomic E-state index is -0.301. The molecule has 0 bridgehead atoms. The Labute approximate surface area is 77.8 Å². The zero-order valence-electron chi connectivity index (χ0n) is 7.88. The molecule has 0 aliphatic rings. The summed E-state index contributed by atoms with van der Waals surface area (Å²) in [5.41, 5.74) is 0.899. The highest BCUT2D eigenvalue weighted by Gasteiger charge is 2.00. The molecule has 1 aromatic rings. The van der Waals surface area contributed by atoms with E-state index in [1.807, 2.05) is 32.1 Å². The second kappa shape index (κ2) is 4.65. The minimum absolute atomic E-state index is 0.301. The van der Waals surface area contributed by atoms with Crippen molar-refractivity contribution in [3.05, 3.63) is 41.7 Å². The molecule has 0 aliphatic carbocycles. The summed E-state index contributed by atoms with van der Waals surface area (Å²) in [7, 11) is 0. The van der Waals surface area contributed by atoms with E-state index in [-0.39, 0.29) is 5.82 Å². The molecule has 0 saturated carbocycles. The van der Waals surface area contributed by atoms with Gasteiger partial charge in [-0.05, 0) is 31.5 Å². The molecule has 0 amide bonds. The van der Waals surface area contributed by atoms with E-state index in [1.54, 1.807) is 6.07 Å². The van der Waals surface area contributed by atoms with Crippen molar-refractivity contribution in [1.82, 2.24) is 0 Å². The Morgan fingerprint density at radius 2 is 2.23 bits per heavy atom. The summed E-state index contributed by atoms with van der Waals surface area (Å²) >= 11 is 0. The molecule has 1 nitrogen and oxygen atoms in total. The number of aryl methyl sites for hydroxylation is 1. The largest absolute Gasteiger partial charge is 0.486 e. The predicted molar refractivity (Wildman–Crippen MR) is 51.4 cm³/mol. The summed E-state index contributed by atoms with van der Waals surface area (Å²) in [5, 5.41) is 0. The second-order valence-corrected chi connectivity index (χ2v) is 2.81. The lowest BCUT2D eigenvalue weighted by Crippen LogP contribution is -1.95. The molecule has 1 aromatic carbocycles. The molecule has 0 N–H and O–H groups in total. The van der Waals surface area contributed by atoms with E-state index in [2.05, 4.69) is 0 Å². The molecule has 0 aliphatic heterocycles. The van der Waals surface area contributed by atoms with Crippen molar-refractivity contribution in [3.8, 4) is 5.75 Å². The van der Waals surface area contributed by atoms with Crippen LogP contribution in [-0.4, -0.2) is 6.61 Å². The third kappa shape index (κ3) is 2.90. The summed E-state index contributed by atoms with van der Waals surface area (Å²) in [6.07, 6.45) is 3.70. The summed E-state index contributed by atoms with van der Waals surface area (Å²) in [4.78, 5) is 0. The third-order valence-corrected chi connectivity index (χ3v) is 1.66. The third-order valence-electron chi connectivity index (χ3n) is 1.66. The van der Waals surface area contributed by atoms with Gasteiger partial charge in [0.15, 0.2) is 11.6 Å². The quantitative estimate of drug-likeness (QED) is 0.649. The van der Waals surface area contributed by atoms with Crippen molar-refractivity contribution in [1.29, 1.82) is 0 Å². The average molecular weight is 180 g/mol. The molecule has 0 fully saturated rings. The molecule has 0 heterocycles. The van der Waals surface area contributed by atoms with Gasteiger partial charge in [-0.15, -0.1) is 0 Å². The number of benzene rings is 1. The smallest absolute Gasteiger partial charge is 0.165 e. The number of rotatable bonds is 3. The Kier molecular flexibility index (Phi) is 3.50. The molecule has 0 spiro atoms. The molecule has 0 unspecified atom stereocenters. The Morgan fingerprint density at radius 3 is 2.85 bits per heavy atom. The van der Waals surface area contributed by atoms with E-state index in [9.17, 15) is 4.39 Å². The fourth-order valence-corrected chi connectivity index (χ4v) is 0.957. The molecular formula is C11H13FO. The van der Waals surface area contributed by atoms with Gasteiger partial charge in [0.25, 0.3) is 0 Å². The van der Waals surface area contributed by atoms with Gasteiger partial charge in [0, 0.05) is 0 Å². The topological polar surface area (TPSA) is 9.23 Å². The van der Waals surface area contributed by atoms with Crippen molar-refractivity contribution >= 4 is 0 Å². The molecule has 13 heavy (non-hydrogen) atoms. The minimum Gasteiger partial charge on any atom is -0.486 e. The van der Waals surface area contributed by atoms with E-state index in [0.29, 0.717) is 12.4 Å². The standard InChI is InChI=1S/C11H13FO/c1-3-4-7-13-11-6-5-9(2)8-10(11)12/h3-6,8H,7H2,1-2H3/b4-3+. The van der Waals surface area contributed by atoms with Gasteiger partial charge in [-0.3, -0.25) is 0 Å². The Morgan fingerprint density at radius 1 is 1.46 bits per heavy atom. The van der Waals surface area contributed by atoms with Crippen LogP contribution < -0.4 is 4.74 Å². The van der Waals surface area contributed by atoms with Gasteiger partial charge in [0.05, 0.1) is 0 Å². The Hall–Kier alpha value is -1.31. The second-order valence-electron chi connectivity index (χ2n) is 2.81. The first-order chi connectivity index (χ1) is 6.24. The SMILES string of the molecule is C/C=C/COc1ccc(C)cc1F. The van der Waals surface area contributed by atoms with Gasteiger partial charge >= 0.3 is 0 Å². The van der Waals surface area contributed by atoms with E-state index in [4.69, 9.17) is 4.74 Å². The lowest BCUT2D eigenvalue weighted by atomic mass is 10.2. The molecule has 0 radical (unpaired) electrons. The van der Waals surface area contributed by atoms with Crippen LogP contribution in [0.1, 0.15) is 12.5 Å². The van der Waals surface area contributed by atoms with Crippen LogP contribution in [0.5, 0.6) is 5.75 Å². The summed E-state index contributed by atoms with van der Waals surface area (Å²) in [6, 6.07) is 4.94. The van der Waals surface area contributed by atoms with Crippen LogP contribution in [0.15, 0.2) is 30.4 Å². The van der Waals surface area contributed by atoms with E-state index in [1.165, 1.54) is 6.07 Å². The highest BCUT2D eigenvalue weighted by Crippen LogP contribution is 2.17. The summed E-state index contributed by atoms with van der Waals surface area (Å²) in [5.74, 6) is 0.00760. The van der Waals surface area contributed by atoms with Gasteiger partial charge in [-0.1, -0.05) is 18.2 Å². The van der Waals surface area contributed by atoms with Gasteiger partial charge < -0.3 is 4.74 Å². The number of hydrogen-bond donors (Lipinski definition) is 0. The van der Waals surface area contributed by atoms with Crippen molar-refractivity contribution in [2.24, 2.45) is 0 Å². The summed E-state index contributed by atoms with van der Waals surface area (Å²) in [6.45, 7) is 4.16. The fourth-order valence-electron chi connectivity index (χ4n) is 0.957. The first kappa shape index (κ1) is 9.78. The zero-order valence-corrected chi connectivity index (χ0v) is 7.88. The number of ether oxygens (including phenoxy) is 1. The number of halogens is 1. The van der Waals surface area contributed by atoms with Crippen molar-refractivity contribution in [2.45, 2.75) is 13.8 Å². The van der Waals surface area contributed by atoms with Crippen LogP contribution in [0.25, 0.3) is 0 Å². The molecular weight excluding hydrogens is 167 g/mol. The van der Waals surface area contributed by atoms with E-state index < -0.39 is 0 Å². The van der Waals surface area contributed by atoms with Crippen molar-refractivity contribution in [2.75, 3.05) is 6.61 Å². The van der Waals surface area contributed by atoms with Crippen LogP contribution >= 0.6 is 0 Å². The molecule has 0 atom stereocenters. The van der Waals surface area contributed by atoms with Crippen LogP contribution in [0.4, 0.5) is 4.39 Å². The maximum Gasteiger partial charge on any atom is 0.165 e. The number of allylic oxidation sites excluding steroid dienone is 1. The highest BCUT2D eigenvalue weighted by molar-refractivity contribution is 5.28. The Balaban J connectivity index is 2.66. The molecule has 1 rings (SSSR count). The van der Waals surface area contributed by atoms with Crippen LogP contribution in [0.2, 0.25) is 0 Å². The lowest BCUT2D eigenvalue weighted by molar-refractivity contribution is 0.341. The first-order valence-corrected chi connectivity index (χ1v) is 4.24. The van der Waals surface area contributed by atoms with Gasteiger partial charge in [-0.2, -0.15) is 0 Å². The number of hydrogen-bond acceptors (Lipinski definition) is 1. The van der Waals surface area contributed by atoms with Gasteiger partial charge in [-0.25, -0.2) is 4.39 Å². The van der Waals surface area contributed by atoms with Crippen molar-refractivity contribution < 1.29 is 9.13 Å². The normalized spacial score (nSPS) is 10.7. The van der Waals surface area contributed by atoms with Crippen LogP contribution in [0, 0.1) is 12.7 Å². The first-order valence-electron chi connectivity index (χ1n) is 4.24.